The van der Waals surface area contributed by atoms with E-state index in [1.807, 2.05) is 25.1 Å². The molecule has 0 aliphatic carbocycles. The van der Waals surface area contributed by atoms with E-state index < -0.39 is 0 Å². The molecule has 4 rings (SSSR count). The molecule has 0 saturated carbocycles. The summed E-state index contributed by atoms with van der Waals surface area (Å²) in [6, 6.07) is 21.3. The van der Waals surface area contributed by atoms with Gasteiger partial charge in [-0.3, -0.25) is 0 Å². The number of aromatic nitrogens is 1. The Morgan fingerprint density at radius 3 is 2.60 bits per heavy atom. The fraction of sp³-hybridized carbons (Fsp3) is 0.192. The molecule has 1 unspecified atom stereocenters. The Kier molecular flexibility index (Phi) is 6.11. The lowest BCUT2D eigenvalue weighted by atomic mass is 10.0. The van der Waals surface area contributed by atoms with E-state index in [1.54, 1.807) is 12.1 Å². The van der Waals surface area contributed by atoms with Gasteiger partial charge in [0.25, 0.3) is 0 Å². The molecular formula is C26H25FNOP. The zero-order valence-corrected chi connectivity index (χ0v) is 18.4. The molecule has 2 nitrogen and oxygen atoms in total. The van der Waals surface area contributed by atoms with Gasteiger partial charge in [0.15, 0.2) is 0 Å². The number of nitrogens with zero attached hydrogens (tertiary/aromatic N) is 1. The Morgan fingerprint density at radius 2 is 1.80 bits per heavy atom. The van der Waals surface area contributed by atoms with Crippen LogP contribution in [0.5, 0.6) is 5.75 Å². The van der Waals surface area contributed by atoms with Crippen molar-refractivity contribution in [2.45, 2.75) is 26.7 Å². The second kappa shape index (κ2) is 8.93. The second-order valence-electron chi connectivity index (χ2n) is 7.52. The Hall–Kier alpha value is -2.77. The highest BCUT2D eigenvalue weighted by Gasteiger charge is 2.10. The summed E-state index contributed by atoms with van der Waals surface area (Å²) >= 11 is 0. The summed E-state index contributed by atoms with van der Waals surface area (Å²) in [4.78, 5) is 4.77. The minimum atomic E-state index is -0.239. The van der Waals surface area contributed by atoms with Crippen LogP contribution in [0.4, 0.5) is 4.39 Å². The number of fused-ring (bicyclic) bond motifs is 1. The van der Waals surface area contributed by atoms with Crippen molar-refractivity contribution in [3.05, 3.63) is 78.1 Å². The van der Waals surface area contributed by atoms with Crippen molar-refractivity contribution in [1.82, 2.24) is 4.98 Å². The highest BCUT2D eigenvalue weighted by Crippen LogP contribution is 2.29. The monoisotopic (exact) mass is 417 g/mol. The third kappa shape index (κ3) is 4.37. The number of pyridine rings is 1. The third-order valence-corrected chi connectivity index (χ3v) is 5.72. The van der Waals surface area contributed by atoms with E-state index >= 15 is 0 Å². The van der Waals surface area contributed by atoms with Crippen LogP contribution in [0.3, 0.4) is 0 Å². The fourth-order valence-corrected chi connectivity index (χ4v) is 4.00. The largest absolute Gasteiger partial charge is 0.494 e. The van der Waals surface area contributed by atoms with Crippen LogP contribution in [0.15, 0.2) is 66.7 Å². The molecule has 4 heteroatoms. The van der Waals surface area contributed by atoms with E-state index in [-0.39, 0.29) is 5.82 Å². The van der Waals surface area contributed by atoms with Crippen LogP contribution in [0, 0.1) is 12.7 Å². The molecule has 0 N–H and O–H groups in total. The van der Waals surface area contributed by atoms with Gasteiger partial charge in [0.2, 0.25) is 0 Å². The smallest absolute Gasteiger partial charge is 0.123 e. The summed E-state index contributed by atoms with van der Waals surface area (Å²) in [6.07, 6.45) is 2.17. The van der Waals surface area contributed by atoms with Crippen LogP contribution in [-0.4, -0.2) is 11.6 Å². The lowest BCUT2D eigenvalue weighted by Crippen LogP contribution is -2.01. The molecule has 30 heavy (non-hydrogen) atoms. The van der Waals surface area contributed by atoms with E-state index in [0.717, 1.165) is 69.4 Å². The average Bonchev–Trinajstić information content (AvgIpc) is 2.74. The molecule has 0 spiro atoms. The number of halogens is 1. The first-order valence-electron chi connectivity index (χ1n) is 10.2. The van der Waals surface area contributed by atoms with Gasteiger partial charge in [-0.1, -0.05) is 37.6 Å². The normalized spacial score (nSPS) is 11.1. The van der Waals surface area contributed by atoms with Crippen molar-refractivity contribution >= 4 is 25.4 Å². The highest BCUT2D eigenvalue weighted by atomic mass is 31.0. The van der Waals surface area contributed by atoms with Crippen molar-refractivity contribution in [3.8, 4) is 28.1 Å². The van der Waals surface area contributed by atoms with Crippen LogP contribution in [0.1, 0.15) is 25.3 Å². The Bertz CT molecular complexity index is 1200. The molecule has 0 aliphatic rings. The predicted molar refractivity (Wildman–Crippen MR) is 127 cm³/mol. The van der Waals surface area contributed by atoms with Crippen molar-refractivity contribution in [1.29, 1.82) is 0 Å². The standard InChI is InChI=1S/C26H25FNOP/c1-3-4-12-29-21-7-5-6-18(14-21)19-8-10-22(26(30)15-19)25-13-17(2)23-16-20(27)9-11-24(23)28-25/h5-11,13-16H,3-4,12,30H2,1-2H3. The van der Waals surface area contributed by atoms with Crippen molar-refractivity contribution < 1.29 is 9.13 Å². The second-order valence-corrected chi connectivity index (χ2v) is 8.14. The van der Waals surface area contributed by atoms with Gasteiger partial charge >= 0.3 is 0 Å². The van der Waals surface area contributed by atoms with Gasteiger partial charge in [-0.2, -0.15) is 0 Å². The molecule has 0 radical (unpaired) electrons. The number of benzene rings is 3. The van der Waals surface area contributed by atoms with Gasteiger partial charge in [0.1, 0.15) is 11.6 Å². The van der Waals surface area contributed by atoms with E-state index in [1.165, 1.54) is 6.07 Å². The summed E-state index contributed by atoms with van der Waals surface area (Å²) < 4.78 is 19.4. The first kappa shape index (κ1) is 20.5. The van der Waals surface area contributed by atoms with Crippen molar-refractivity contribution in [2.24, 2.45) is 0 Å². The van der Waals surface area contributed by atoms with E-state index in [9.17, 15) is 4.39 Å². The molecule has 0 saturated heterocycles. The maximum atomic E-state index is 13.6. The lowest BCUT2D eigenvalue weighted by molar-refractivity contribution is 0.309. The first-order valence-corrected chi connectivity index (χ1v) is 10.8. The van der Waals surface area contributed by atoms with Gasteiger partial charge in [-0.25, -0.2) is 9.37 Å². The van der Waals surface area contributed by atoms with Gasteiger partial charge in [-0.15, -0.1) is 9.24 Å². The Morgan fingerprint density at radius 1 is 0.967 bits per heavy atom. The lowest BCUT2D eigenvalue weighted by Gasteiger charge is -2.12. The van der Waals surface area contributed by atoms with E-state index in [2.05, 4.69) is 46.5 Å². The highest BCUT2D eigenvalue weighted by molar-refractivity contribution is 7.28. The molecule has 3 aromatic carbocycles. The van der Waals surface area contributed by atoms with Gasteiger partial charge in [0.05, 0.1) is 17.8 Å². The van der Waals surface area contributed by atoms with E-state index in [0.29, 0.717) is 0 Å². The molecule has 0 aliphatic heterocycles. The molecular weight excluding hydrogens is 392 g/mol. The number of rotatable bonds is 6. The minimum Gasteiger partial charge on any atom is -0.494 e. The minimum absolute atomic E-state index is 0.239. The van der Waals surface area contributed by atoms with Crippen LogP contribution in [0.25, 0.3) is 33.3 Å². The van der Waals surface area contributed by atoms with Crippen LogP contribution in [-0.2, 0) is 0 Å². The SMILES string of the molecule is CCCCOc1cccc(-c2ccc(-c3cc(C)c4cc(F)ccc4n3)c(P)c2)c1. The Balaban J connectivity index is 1.66. The number of ether oxygens (including phenoxy) is 1. The molecule has 1 aromatic heterocycles. The summed E-state index contributed by atoms with van der Waals surface area (Å²) in [6.45, 7) is 4.89. The van der Waals surface area contributed by atoms with Crippen LogP contribution < -0.4 is 10.0 Å². The maximum absolute atomic E-state index is 13.6. The maximum Gasteiger partial charge on any atom is 0.123 e. The molecule has 1 atom stereocenters. The Labute approximate surface area is 179 Å². The van der Waals surface area contributed by atoms with Crippen LogP contribution in [0.2, 0.25) is 0 Å². The zero-order chi connectivity index (χ0) is 21.1. The molecule has 4 aromatic rings. The number of hydrogen-bond acceptors (Lipinski definition) is 2. The van der Waals surface area contributed by atoms with Crippen molar-refractivity contribution in [2.75, 3.05) is 6.61 Å². The molecule has 0 bridgehead atoms. The average molecular weight is 417 g/mol. The number of hydrogen-bond donors (Lipinski definition) is 0. The summed E-state index contributed by atoms with van der Waals surface area (Å²) in [5.41, 5.74) is 6.01. The van der Waals surface area contributed by atoms with Gasteiger partial charge < -0.3 is 4.74 Å². The fourth-order valence-electron chi connectivity index (χ4n) is 3.58. The van der Waals surface area contributed by atoms with Gasteiger partial charge in [-0.05, 0) is 77.8 Å². The number of unbranched alkanes of at least 4 members (excludes halogenated alkanes) is 1. The summed E-state index contributed by atoms with van der Waals surface area (Å²) in [5.74, 6) is 0.659. The van der Waals surface area contributed by atoms with Crippen molar-refractivity contribution in [3.63, 3.8) is 0 Å². The third-order valence-electron chi connectivity index (χ3n) is 5.24. The topological polar surface area (TPSA) is 22.1 Å². The zero-order valence-electron chi connectivity index (χ0n) is 17.3. The number of aryl methyl sites for hydroxylation is 1. The molecule has 152 valence electrons. The predicted octanol–water partition coefficient (Wildman–Crippen LogP) is 6.70. The summed E-state index contributed by atoms with van der Waals surface area (Å²) in [7, 11) is 2.82. The first-order chi connectivity index (χ1) is 14.5. The molecule has 1 heterocycles. The molecule has 0 amide bonds. The quantitative estimate of drug-likeness (QED) is 0.257. The molecule has 0 fully saturated rings. The van der Waals surface area contributed by atoms with Crippen LogP contribution >= 0.6 is 9.24 Å². The van der Waals surface area contributed by atoms with Gasteiger partial charge in [0, 0.05) is 10.9 Å². The summed E-state index contributed by atoms with van der Waals surface area (Å²) in [5, 5.41) is 1.92. The van der Waals surface area contributed by atoms with E-state index in [4.69, 9.17) is 9.72 Å².